The molecule has 0 radical (unpaired) electrons. The van der Waals surface area contributed by atoms with Crippen LogP contribution >= 0.6 is 11.3 Å². The number of amides is 1. The van der Waals surface area contributed by atoms with Crippen LogP contribution in [-0.4, -0.2) is 17.5 Å². The summed E-state index contributed by atoms with van der Waals surface area (Å²) < 4.78 is 5.55. The van der Waals surface area contributed by atoms with Crippen molar-refractivity contribution in [2.45, 2.75) is 26.3 Å². The summed E-state index contributed by atoms with van der Waals surface area (Å²) in [4.78, 5) is 17.5. The molecule has 0 saturated heterocycles. The third-order valence-electron chi connectivity index (χ3n) is 4.00. The molecule has 1 aromatic carbocycles. The third-order valence-corrected chi connectivity index (χ3v) is 4.90. The minimum absolute atomic E-state index is 0.00386. The lowest BCUT2D eigenvalue weighted by atomic mass is 10.0. The predicted octanol–water partition coefficient (Wildman–Crippen LogP) is 4.63. The van der Waals surface area contributed by atoms with E-state index in [9.17, 15) is 4.79 Å². The highest BCUT2D eigenvalue weighted by Gasteiger charge is 2.06. The zero-order valence-corrected chi connectivity index (χ0v) is 15.8. The molecule has 1 N–H and O–H groups in total. The number of benzene rings is 1. The van der Waals surface area contributed by atoms with E-state index < -0.39 is 0 Å². The molecular weight excluding hydrogens is 344 g/mol. The SMILES string of the molecule is CC(C)c1ccc(OCC(=O)NCc2ccnc(-c3cccs3)c2)cc1. The molecule has 5 heteroatoms. The van der Waals surface area contributed by atoms with Crippen molar-refractivity contribution in [2.24, 2.45) is 0 Å². The number of ether oxygens (including phenoxy) is 1. The Morgan fingerprint density at radius 2 is 2.00 bits per heavy atom. The Balaban J connectivity index is 1.49. The topological polar surface area (TPSA) is 51.2 Å². The van der Waals surface area contributed by atoms with Gasteiger partial charge in [0.2, 0.25) is 0 Å². The standard InChI is InChI=1S/C21H22N2O2S/c1-15(2)17-5-7-18(8-6-17)25-14-21(24)23-13-16-9-10-22-19(12-16)20-4-3-11-26-20/h3-12,15H,13-14H2,1-2H3,(H,23,24). The molecule has 26 heavy (non-hydrogen) atoms. The number of nitrogens with zero attached hydrogens (tertiary/aromatic N) is 1. The molecule has 0 aliphatic rings. The lowest BCUT2D eigenvalue weighted by Crippen LogP contribution is -2.28. The Kier molecular flexibility index (Phi) is 6.02. The van der Waals surface area contributed by atoms with Crippen LogP contribution in [0.1, 0.15) is 30.9 Å². The normalized spacial score (nSPS) is 10.7. The number of nitrogens with one attached hydrogen (secondary N) is 1. The zero-order chi connectivity index (χ0) is 18.4. The molecule has 0 unspecified atom stereocenters. The molecule has 0 aliphatic carbocycles. The van der Waals surface area contributed by atoms with Gasteiger partial charge in [0.05, 0.1) is 10.6 Å². The smallest absolute Gasteiger partial charge is 0.258 e. The van der Waals surface area contributed by atoms with Gasteiger partial charge in [-0.25, -0.2) is 0 Å². The lowest BCUT2D eigenvalue weighted by Gasteiger charge is -2.10. The molecule has 2 aromatic heterocycles. The average Bonchev–Trinajstić information content (AvgIpc) is 3.20. The minimum Gasteiger partial charge on any atom is -0.484 e. The van der Waals surface area contributed by atoms with Crippen molar-refractivity contribution >= 4 is 17.2 Å². The Hall–Kier alpha value is -2.66. The summed E-state index contributed by atoms with van der Waals surface area (Å²) >= 11 is 1.65. The van der Waals surface area contributed by atoms with Gasteiger partial charge in [-0.05, 0) is 52.8 Å². The van der Waals surface area contributed by atoms with Gasteiger partial charge >= 0.3 is 0 Å². The number of hydrogen-bond acceptors (Lipinski definition) is 4. The Labute approximate surface area is 157 Å². The van der Waals surface area contributed by atoms with E-state index in [-0.39, 0.29) is 12.5 Å². The summed E-state index contributed by atoms with van der Waals surface area (Å²) in [6.07, 6.45) is 1.77. The summed E-state index contributed by atoms with van der Waals surface area (Å²) in [5.41, 5.74) is 3.19. The molecule has 4 nitrogen and oxygen atoms in total. The van der Waals surface area contributed by atoms with E-state index in [0.29, 0.717) is 18.2 Å². The number of thiophene rings is 1. The van der Waals surface area contributed by atoms with Gasteiger partial charge in [-0.3, -0.25) is 9.78 Å². The van der Waals surface area contributed by atoms with Crippen LogP contribution in [0.5, 0.6) is 5.75 Å². The van der Waals surface area contributed by atoms with Crippen molar-refractivity contribution in [3.05, 3.63) is 71.2 Å². The molecule has 1 amide bonds. The first kappa shape index (κ1) is 18.1. The Morgan fingerprint density at radius 1 is 1.19 bits per heavy atom. The minimum atomic E-state index is -0.146. The second-order valence-electron chi connectivity index (χ2n) is 6.32. The fourth-order valence-corrected chi connectivity index (χ4v) is 3.19. The maximum absolute atomic E-state index is 12.0. The quantitative estimate of drug-likeness (QED) is 0.663. The third kappa shape index (κ3) is 4.92. The molecule has 0 spiro atoms. The molecule has 0 fully saturated rings. The van der Waals surface area contributed by atoms with E-state index in [1.807, 2.05) is 53.9 Å². The molecule has 3 rings (SSSR count). The van der Waals surface area contributed by atoms with Gasteiger partial charge in [0, 0.05) is 12.7 Å². The van der Waals surface area contributed by atoms with Crippen LogP contribution < -0.4 is 10.1 Å². The highest BCUT2D eigenvalue weighted by molar-refractivity contribution is 7.13. The van der Waals surface area contributed by atoms with Gasteiger partial charge < -0.3 is 10.1 Å². The predicted molar refractivity (Wildman–Crippen MR) is 105 cm³/mol. The first-order valence-corrected chi connectivity index (χ1v) is 9.48. The van der Waals surface area contributed by atoms with E-state index in [4.69, 9.17) is 4.74 Å². The van der Waals surface area contributed by atoms with Crippen molar-refractivity contribution < 1.29 is 9.53 Å². The number of pyridine rings is 1. The van der Waals surface area contributed by atoms with Crippen molar-refractivity contribution in [2.75, 3.05) is 6.61 Å². The van der Waals surface area contributed by atoms with Crippen LogP contribution in [0.4, 0.5) is 0 Å². The molecule has 2 heterocycles. The van der Waals surface area contributed by atoms with Crippen LogP contribution in [-0.2, 0) is 11.3 Å². The van der Waals surface area contributed by atoms with Gasteiger partial charge in [-0.15, -0.1) is 11.3 Å². The second-order valence-corrected chi connectivity index (χ2v) is 7.26. The monoisotopic (exact) mass is 366 g/mol. The zero-order valence-electron chi connectivity index (χ0n) is 14.9. The van der Waals surface area contributed by atoms with Crippen molar-refractivity contribution in [3.63, 3.8) is 0 Å². The van der Waals surface area contributed by atoms with Gasteiger partial charge in [0.1, 0.15) is 5.75 Å². The van der Waals surface area contributed by atoms with E-state index in [1.165, 1.54) is 5.56 Å². The highest BCUT2D eigenvalue weighted by Crippen LogP contribution is 2.23. The van der Waals surface area contributed by atoms with E-state index >= 15 is 0 Å². The molecule has 3 aromatic rings. The maximum Gasteiger partial charge on any atom is 0.258 e. The van der Waals surface area contributed by atoms with Crippen LogP contribution in [0.25, 0.3) is 10.6 Å². The lowest BCUT2D eigenvalue weighted by molar-refractivity contribution is -0.123. The maximum atomic E-state index is 12.0. The van der Waals surface area contributed by atoms with Crippen LogP contribution in [0.2, 0.25) is 0 Å². The molecule has 134 valence electrons. The first-order valence-electron chi connectivity index (χ1n) is 8.60. The highest BCUT2D eigenvalue weighted by atomic mass is 32.1. The van der Waals surface area contributed by atoms with E-state index in [0.717, 1.165) is 16.1 Å². The summed E-state index contributed by atoms with van der Waals surface area (Å²) in [6.45, 7) is 4.75. The average molecular weight is 366 g/mol. The number of aromatic nitrogens is 1. The Morgan fingerprint density at radius 3 is 2.69 bits per heavy atom. The number of carbonyl (C=O) groups is 1. The van der Waals surface area contributed by atoms with Gasteiger partial charge in [0.25, 0.3) is 5.91 Å². The van der Waals surface area contributed by atoms with Gasteiger partial charge in [-0.2, -0.15) is 0 Å². The number of rotatable bonds is 7. The van der Waals surface area contributed by atoms with Gasteiger partial charge in [0.15, 0.2) is 6.61 Å². The van der Waals surface area contributed by atoms with E-state index in [1.54, 1.807) is 17.5 Å². The number of hydrogen-bond donors (Lipinski definition) is 1. The summed E-state index contributed by atoms with van der Waals surface area (Å²) in [6, 6.07) is 15.8. The first-order chi connectivity index (χ1) is 12.6. The van der Waals surface area contributed by atoms with E-state index in [2.05, 4.69) is 24.1 Å². The molecule has 0 bridgehead atoms. The van der Waals surface area contributed by atoms with Crippen LogP contribution in [0, 0.1) is 0 Å². The summed E-state index contributed by atoms with van der Waals surface area (Å²) in [7, 11) is 0. The summed E-state index contributed by atoms with van der Waals surface area (Å²) in [5, 5.41) is 4.91. The fourth-order valence-electron chi connectivity index (χ4n) is 2.49. The number of carbonyl (C=O) groups excluding carboxylic acids is 1. The largest absolute Gasteiger partial charge is 0.484 e. The summed E-state index contributed by atoms with van der Waals surface area (Å²) in [5.74, 6) is 1.03. The van der Waals surface area contributed by atoms with Crippen LogP contribution in [0.3, 0.4) is 0 Å². The second kappa shape index (κ2) is 8.63. The molecular formula is C21H22N2O2S. The molecule has 0 aliphatic heterocycles. The molecule has 0 saturated carbocycles. The van der Waals surface area contributed by atoms with Crippen molar-refractivity contribution in [1.82, 2.24) is 10.3 Å². The molecule has 0 atom stereocenters. The van der Waals surface area contributed by atoms with Gasteiger partial charge in [-0.1, -0.05) is 32.0 Å². The van der Waals surface area contributed by atoms with Crippen molar-refractivity contribution in [3.8, 4) is 16.3 Å². The Bertz CT molecular complexity index is 843. The van der Waals surface area contributed by atoms with Crippen molar-refractivity contribution in [1.29, 1.82) is 0 Å². The fraction of sp³-hybridized carbons (Fsp3) is 0.238. The van der Waals surface area contributed by atoms with Crippen LogP contribution in [0.15, 0.2) is 60.1 Å².